The summed E-state index contributed by atoms with van der Waals surface area (Å²) < 4.78 is 22.1. The Balaban J connectivity index is 2.03. The number of ether oxygens (including phenoxy) is 2. The van der Waals surface area contributed by atoms with Gasteiger partial charge in [-0.3, -0.25) is 9.59 Å². The van der Waals surface area contributed by atoms with Crippen LogP contribution < -0.4 is 0 Å². The molecule has 8 heteroatoms. The van der Waals surface area contributed by atoms with Crippen molar-refractivity contribution in [3.8, 4) is 11.5 Å². The third-order valence-corrected chi connectivity index (χ3v) is 7.87. The first-order chi connectivity index (χ1) is 19.9. The van der Waals surface area contributed by atoms with E-state index in [1.807, 2.05) is 107 Å². The number of esters is 2. The lowest BCUT2D eigenvalue weighted by Crippen LogP contribution is -2.21. The molecular formula is C36H52O7S. The second kappa shape index (κ2) is 13.9. The van der Waals surface area contributed by atoms with Crippen LogP contribution in [0.3, 0.4) is 0 Å². The predicted octanol–water partition coefficient (Wildman–Crippen LogP) is 7.28. The van der Waals surface area contributed by atoms with Gasteiger partial charge in [0.25, 0.3) is 0 Å². The Bertz CT molecular complexity index is 1350. The maximum absolute atomic E-state index is 12.6. The van der Waals surface area contributed by atoms with Crippen LogP contribution in [0.1, 0.15) is 129 Å². The minimum absolute atomic E-state index is 0.0135. The molecule has 0 radical (unpaired) electrons. The van der Waals surface area contributed by atoms with Crippen molar-refractivity contribution >= 4 is 28.2 Å². The van der Waals surface area contributed by atoms with Crippen LogP contribution in [0.5, 0.6) is 11.5 Å². The lowest BCUT2D eigenvalue weighted by molar-refractivity contribution is -0.143. The molecule has 0 fully saturated rings. The Morgan fingerprint density at radius 1 is 0.614 bits per heavy atom. The van der Waals surface area contributed by atoms with Crippen LogP contribution in [0.4, 0.5) is 0 Å². The van der Waals surface area contributed by atoms with Crippen molar-refractivity contribution in [2.75, 3.05) is 6.61 Å². The molecule has 2 aromatic carbocycles. The summed E-state index contributed by atoms with van der Waals surface area (Å²) in [4.78, 5) is 25.2. The lowest BCUT2D eigenvalue weighted by Gasteiger charge is -2.28. The highest BCUT2D eigenvalue weighted by Crippen LogP contribution is 2.41. The minimum Gasteiger partial charge on any atom is -0.507 e. The largest absolute Gasteiger partial charge is 0.507 e. The van der Waals surface area contributed by atoms with E-state index in [1.54, 1.807) is 0 Å². The highest BCUT2D eigenvalue weighted by atomic mass is 32.1. The fourth-order valence-corrected chi connectivity index (χ4v) is 5.15. The van der Waals surface area contributed by atoms with E-state index in [9.17, 15) is 24.0 Å². The first kappa shape index (κ1) is 37.1. The first-order valence-corrected chi connectivity index (χ1v) is 15.9. The highest BCUT2D eigenvalue weighted by Gasteiger charge is 2.28. The van der Waals surface area contributed by atoms with E-state index in [2.05, 4.69) is 0 Å². The van der Waals surface area contributed by atoms with E-state index >= 15 is 0 Å². The Morgan fingerprint density at radius 3 is 1.23 bits per heavy atom. The number of hydrogen-bond donors (Lipinski definition) is 2. The van der Waals surface area contributed by atoms with Crippen LogP contribution >= 0.6 is 0 Å². The minimum atomic E-state index is -0.601. The van der Waals surface area contributed by atoms with Gasteiger partial charge in [0, 0.05) is 6.42 Å². The molecule has 0 aliphatic heterocycles. The maximum Gasteiger partial charge on any atom is 0.312 e. The summed E-state index contributed by atoms with van der Waals surface area (Å²) in [6.07, 6.45) is 0.838. The second-order valence-corrected chi connectivity index (χ2v) is 16.3. The number of aryl methyl sites for hydroxylation is 2. The molecule has 0 unspecified atom stereocenters. The van der Waals surface area contributed by atoms with Crippen LogP contribution in [0, 0.1) is 0 Å². The van der Waals surface area contributed by atoms with E-state index in [0.29, 0.717) is 12.8 Å². The van der Waals surface area contributed by atoms with Gasteiger partial charge in [0.15, 0.2) is 6.61 Å². The molecule has 2 N–H and O–H groups in total. The predicted molar refractivity (Wildman–Crippen MR) is 178 cm³/mol. The standard InChI is InChI=1S/C36H52O7S/c1-33(2,3)24-17-22(18-25(31(24)39)34(4,5)6)13-15-28(37)42-21-30(44-41)43-29(38)16-14-23-19-26(35(7,8)9)32(40)27(20-23)36(10,11)12/h17-20,39-40H,13-16,21H2,1-12H3. The zero-order valence-corrected chi connectivity index (χ0v) is 29.5. The van der Waals surface area contributed by atoms with Crippen LogP contribution in [0.15, 0.2) is 24.3 Å². The molecule has 0 saturated carbocycles. The molecule has 0 aliphatic rings. The monoisotopic (exact) mass is 628 g/mol. The normalized spacial score (nSPS) is 12.5. The number of aromatic hydroxyl groups is 2. The Kier molecular flexibility index (Phi) is 11.7. The molecule has 0 amide bonds. The lowest BCUT2D eigenvalue weighted by atomic mass is 9.78. The van der Waals surface area contributed by atoms with E-state index in [-0.39, 0.29) is 62.3 Å². The van der Waals surface area contributed by atoms with Gasteiger partial charge < -0.3 is 19.7 Å². The fraction of sp³-hybridized carbons (Fsp3) is 0.583. The summed E-state index contributed by atoms with van der Waals surface area (Å²) in [5.41, 5.74) is 3.87. The second-order valence-electron chi connectivity index (χ2n) is 15.7. The van der Waals surface area contributed by atoms with Crippen LogP contribution in [0.25, 0.3) is 0 Å². The van der Waals surface area contributed by atoms with Gasteiger partial charge in [-0.1, -0.05) is 107 Å². The number of phenolic OH excluding ortho intramolecular Hbond substituents is 2. The Labute approximate surface area is 267 Å². The number of carbonyl (C=O) groups is 2. The number of rotatable bonds is 8. The molecule has 0 spiro atoms. The zero-order valence-electron chi connectivity index (χ0n) is 28.7. The van der Waals surface area contributed by atoms with E-state index in [1.165, 1.54) is 0 Å². The first-order valence-electron chi connectivity index (χ1n) is 15.2. The molecule has 44 heavy (non-hydrogen) atoms. The summed E-state index contributed by atoms with van der Waals surface area (Å²) in [7, 11) is 0. The SMILES string of the molecule is CC(C)(C)c1cc(CCC(=O)OCC(OC(=O)CCc2cc(C(C)(C)C)c(O)c(C(C)(C)C)c2)=S=O)cc(C(C)(C)C)c1O. The molecule has 2 rings (SSSR count). The van der Waals surface area contributed by atoms with Gasteiger partial charge in [0.2, 0.25) is 5.05 Å². The molecule has 0 atom stereocenters. The highest BCUT2D eigenvalue weighted by molar-refractivity contribution is 7.66. The molecule has 0 bridgehead atoms. The van der Waals surface area contributed by atoms with E-state index in [0.717, 1.165) is 33.4 Å². The average Bonchev–Trinajstić information content (AvgIpc) is 2.86. The van der Waals surface area contributed by atoms with Gasteiger partial charge in [-0.05, 0) is 67.9 Å². The average molecular weight is 629 g/mol. The number of carbonyl (C=O) groups excluding carboxylic acids is 2. The third-order valence-electron chi connectivity index (χ3n) is 7.48. The van der Waals surface area contributed by atoms with Crippen molar-refractivity contribution < 1.29 is 33.5 Å². The quantitative estimate of drug-likeness (QED) is 0.233. The van der Waals surface area contributed by atoms with Gasteiger partial charge in [-0.2, -0.15) is 0 Å². The summed E-state index contributed by atoms with van der Waals surface area (Å²) in [6, 6.07) is 7.67. The van der Waals surface area contributed by atoms with Crippen LogP contribution in [0.2, 0.25) is 0 Å². The van der Waals surface area contributed by atoms with Crippen LogP contribution in [-0.4, -0.2) is 38.0 Å². The molecule has 0 aliphatic carbocycles. The van der Waals surface area contributed by atoms with Gasteiger partial charge in [-0.15, -0.1) is 0 Å². The fourth-order valence-electron chi connectivity index (χ4n) is 4.92. The van der Waals surface area contributed by atoms with Crippen molar-refractivity contribution in [3.05, 3.63) is 57.6 Å². The van der Waals surface area contributed by atoms with E-state index < -0.39 is 18.5 Å². The summed E-state index contributed by atoms with van der Waals surface area (Å²) in [5, 5.41) is 21.6. The number of benzene rings is 2. The Morgan fingerprint density at radius 2 is 0.932 bits per heavy atom. The molecule has 7 nitrogen and oxygen atoms in total. The molecular weight excluding hydrogens is 576 g/mol. The van der Waals surface area contributed by atoms with Crippen molar-refractivity contribution in [1.29, 1.82) is 0 Å². The third kappa shape index (κ3) is 10.2. The summed E-state index contributed by atoms with van der Waals surface area (Å²) >= 11 is -0.0135. The summed E-state index contributed by atoms with van der Waals surface area (Å²) in [6.45, 7) is 23.9. The van der Waals surface area contributed by atoms with Gasteiger partial charge in [0.1, 0.15) is 22.8 Å². The number of phenols is 2. The number of hydrogen-bond acceptors (Lipinski definition) is 7. The molecule has 0 aromatic heterocycles. The summed E-state index contributed by atoms with van der Waals surface area (Å²) in [5.74, 6) is -0.579. The van der Waals surface area contributed by atoms with Gasteiger partial charge >= 0.3 is 11.9 Å². The molecule has 0 heterocycles. The van der Waals surface area contributed by atoms with Gasteiger partial charge in [-0.25, -0.2) is 4.21 Å². The van der Waals surface area contributed by atoms with Crippen molar-refractivity contribution in [3.63, 3.8) is 0 Å². The van der Waals surface area contributed by atoms with Crippen molar-refractivity contribution in [2.45, 2.75) is 130 Å². The van der Waals surface area contributed by atoms with Crippen molar-refractivity contribution in [1.82, 2.24) is 0 Å². The maximum atomic E-state index is 12.6. The van der Waals surface area contributed by atoms with Crippen molar-refractivity contribution in [2.24, 2.45) is 0 Å². The van der Waals surface area contributed by atoms with Gasteiger partial charge in [0.05, 0.1) is 6.42 Å². The van der Waals surface area contributed by atoms with E-state index in [4.69, 9.17) is 9.47 Å². The molecule has 2 aromatic rings. The Hall–Kier alpha value is -3.13. The topological polar surface area (TPSA) is 110 Å². The zero-order chi connectivity index (χ0) is 33.8. The van der Waals surface area contributed by atoms with Crippen LogP contribution in [-0.2, 0) is 64.8 Å². The smallest absolute Gasteiger partial charge is 0.312 e. The molecule has 0 saturated heterocycles. The molecule has 244 valence electrons.